The van der Waals surface area contributed by atoms with Crippen LogP contribution in [0.5, 0.6) is 0 Å². The lowest BCUT2D eigenvalue weighted by atomic mass is 10.0. The molecule has 0 spiro atoms. The number of rotatable bonds is 3. The Bertz CT molecular complexity index is 225. The summed E-state index contributed by atoms with van der Waals surface area (Å²) in [4.78, 5) is 23.3. The number of carboxylic acid groups (broad SMARTS) is 1. The number of carbonyl (C=O) groups is 2. The van der Waals surface area contributed by atoms with Crippen molar-refractivity contribution in [1.29, 1.82) is 0 Å². The van der Waals surface area contributed by atoms with Gasteiger partial charge in [-0.2, -0.15) is 0 Å². The summed E-state index contributed by atoms with van der Waals surface area (Å²) < 4.78 is 0. The van der Waals surface area contributed by atoms with Crippen LogP contribution in [0.1, 0.15) is 6.92 Å². The molecular formula is C8H14N2O3. The van der Waals surface area contributed by atoms with Crippen LogP contribution in [0.15, 0.2) is 0 Å². The molecule has 0 aromatic heterocycles. The summed E-state index contributed by atoms with van der Waals surface area (Å²) in [6, 6.07) is -0.743. The Kier molecular flexibility index (Phi) is 2.87. The van der Waals surface area contributed by atoms with Gasteiger partial charge in [-0.25, -0.2) is 4.79 Å². The fraction of sp³-hybridized carbons (Fsp3) is 0.750. The molecule has 74 valence electrons. The normalized spacial score (nSPS) is 18.9. The second-order valence-electron chi connectivity index (χ2n) is 3.32. The van der Waals surface area contributed by atoms with Crippen LogP contribution in [-0.4, -0.2) is 48.1 Å². The average molecular weight is 186 g/mol. The molecule has 1 amide bonds. The van der Waals surface area contributed by atoms with Crippen molar-refractivity contribution >= 4 is 11.9 Å². The van der Waals surface area contributed by atoms with Crippen molar-refractivity contribution in [3.63, 3.8) is 0 Å². The summed E-state index contributed by atoms with van der Waals surface area (Å²) in [7, 11) is 1.53. The molecule has 0 radical (unpaired) electrons. The maximum absolute atomic E-state index is 11.5. The molecule has 1 saturated heterocycles. The third-order valence-electron chi connectivity index (χ3n) is 2.42. The summed E-state index contributed by atoms with van der Waals surface area (Å²) in [6.07, 6.45) is 0. The lowest BCUT2D eigenvalue weighted by Crippen LogP contribution is -2.53. The van der Waals surface area contributed by atoms with E-state index in [-0.39, 0.29) is 11.8 Å². The van der Waals surface area contributed by atoms with Crippen molar-refractivity contribution in [2.75, 3.05) is 20.1 Å². The monoisotopic (exact) mass is 186 g/mol. The van der Waals surface area contributed by atoms with Crippen LogP contribution >= 0.6 is 0 Å². The first-order chi connectivity index (χ1) is 6.04. The van der Waals surface area contributed by atoms with E-state index in [0.717, 1.165) is 0 Å². The molecule has 0 unspecified atom stereocenters. The van der Waals surface area contributed by atoms with Crippen molar-refractivity contribution in [2.45, 2.75) is 13.0 Å². The maximum atomic E-state index is 11.5. The minimum Gasteiger partial charge on any atom is -0.480 e. The molecule has 0 aromatic rings. The molecule has 5 heteroatoms. The van der Waals surface area contributed by atoms with Crippen LogP contribution in [0.25, 0.3) is 0 Å². The highest BCUT2D eigenvalue weighted by atomic mass is 16.4. The van der Waals surface area contributed by atoms with E-state index in [4.69, 9.17) is 5.11 Å². The van der Waals surface area contributed by atoms with Gasteiger partial charge in [-0.3, -0.25) is 4.79 Å². The van der Waals surface area contributed by atoms with Gasteiger partial charge in [0.1, 0.15) is 6.04 Å². The Morgan fingerprint density at radius 2 is 2.08 bits per heavy atom. The van der Waals surface area contributed by atoms with Gasteiger partial charge in [0.25, 0.3) is 0 Å². The van der Waals surface area contributed by atoms with Crippen LogP contribution < -0.4 is 5.32 Å². The van der Waals surface area contributed by atoms with E-state index in [9.17, 15) is 9.59 Å². The molecule has 1 aliphatic heterocycles. The van der Waals surface area contributed by atoms with Gasteiger partial charge in [-0.15, -0.1) is 0 Å². The van der Waals surface area contributed by atoms with E-state index in [0.29, 0.717) is 13.1 Å². The van der Waals surface area contributed by atoms with Gasteiger partial charge in [0.2, 0.25) is 5.91 Å². The lowest BCUT2D eigenvalue weighted by Gasteiger charge is -2.31. The summed E-state index contributed by atoms with van der Waals surface area (Å²) in [6.45, 7) is 2.83. The molecule has 1 fully saturated rings. The van der Waals surface area contributed by atoms with Crippen LogP contribution in [0, 0.1) is 5.92 Å². The third-order valence-corrected chi connectivity index (χ3v) is 2.42. The molecule has 1 atom stereocenters. The minimum absolute atomic E-state index is 0.0354. The van der Waals surface area contributed by atoms with Crippen LogP contribution in [-0.2, 0) is 9.59 Å². The van der Waals surface area contributed by atoms with Crippen molar-refractivity contribution in [3.05, 3.63) is 0 Å². The SMILES string of the molecule is C[C@@H](C(=O)O)N(C)C(=O)C1CNC1. The van der Waals surface area contributed by atoms with Gasteiger partial charge in [0.05, 0.1) is 5.92 Å². The number of nitrogens with zero attached hydrogens (tertiary/aromatic N) is 1. The van der Waals surface area contributed by atoms with Gasteiger partial charge < -0.3 is 15.3 Å². The molecule has 1 rings (SSSR count). The van der Waals surface area contributed by atoms with Gasteiger partial charge in [-0.1, -0.05) is 0 Å². The Hall–Kier alpha value is -1.10. The number of hydrogen-bond donors (Lipinski definition) is 2. The van der Waals surface area contributed by atoms with Gasteiger partial charge in [0, 0.05) is 20.1 Å². The van der Waals surface area contributed by atoms with Crippen molar-refractivity contribution in [2.24, 2.45) is 5.92 Å². The summed E-state index contributed by atoms with van der Waals surface area (Å²) in [5.74, 6) is -1.09. The molecular weight excluding hydrogens is 172 g/mol. The Morgan fingerprint density at radius 1 is 1.54 bits per heavy atom. The zero-order valence-corrected chi connectivity index (χ0v) is 7.78. The zero-order chi connectivity index (χ0) is 10.0. The summed E-state index contributed by atoms with van der Waals surface area (Å²) in [5, 5.41) is 11.6. The first kappa shape index (κ1) is 9.98. The predicted molar refractivity (Wildman–Crippen MR) is 46.2 cm³/mol. The average Bonchev–Trinajstić information content (AvgIpc) is 1.98. The first-order valence-corrected chi connectivity index (χ1v) is 4.24. The molecule has 5 nitrogen and oxygen atoms in total. The Morgan fingerprint density at radius 3 is 2.38 bits per heavy atom. The first-order valence-electron chi connectivity index (χ1n) is 4.24. The number of aliphatic carboxylic acids is 1. The number of carboxylic acids is 1. The molecule has 1 aliphatic rings. The van der Waals surface area contributed by atoms with E-state index in [2.05, 4.69) is 5.32 Å². The number of carbonyl (C=O) groups excluding carboxylic acids is 1. The smallest absolute Gasteiger partial charge is 0.326 e. The Balaban J connectivity index is 2.50. The summed E-state index contributed by atoms with van der Waals surface area (Å²) in [5.41, 5.74) is 0. The fourth-order valence-corrected chi connectivity index (χ4v) is 1.11. The van der Waals surface area contributed by atoms with E-state index in [1.54, 1.807) is 0 Å². The van der Waals surface area contributed by atoms with Gasteiger partial charge in [-0.05, 0) is 6.92 Å². The van der Waals surface area contributed by atoms with Gasteiger partial charge in [0.15, 0.2) is 0 Å². The van der Waals surface area contributed by atoms with Crippen molar-refractivity contribution in [1.82, 2.24) is 10.2 Å². The van der Waals surface area contributed by atoms with E-state index in [1.807, 2.05) is 0 Å². The fourth-order valence-electron chi connectivity index (χ4n) is 1.11. The highest BCUT2D eigenvalue weighted by Crippen LogP contribution is 2.09. The highest BCUT2D eigenvalue weighted by molar-refractivity contribution is 5.85. The Labute approximate surface area is 76.7 Å². The molecule has 1 heterocycles. The molecule has 0 aromatic carbocycles. The molecule has 2 N–H and O–H groups in total. The van der Waals surface area contributed by atoms with E-state index in [1.165, 1.54) is 18.9 Å². The second kappa shape index (κ2) is 3.74. The zero-order valence-electron chi connectivity index (χ0n) is 7.78. The van der Waals surface area contributed by atoms with Gasteiger partial charge >= 0.3 is 5.97 Å². The van der Waals surface area contributed by atoms with Crippen LogP contribution in [0.3, 0.4) is 0 Å². The quantitative estimate of drug-likeness (QED) is 0.601. The maximum Gasteiger partial charge on any atom is 0.326 e. The number of nitrogens with one attached hydrogen (secondary N) is 1. The predicted octanol–water partition coefficient (Wildman–Crippen LogP) is -0.863. The molecule has 13 heavy (non-hydrogen) atoms. The van der Waals surface area contributed by atoms with Crippen LogP contribution in [0.2, 0.25) is 0 Å². The highest BCUT2D eigenvalue weighted by Gasteiger charge is 2.31. The second-order valence-corrected chi connectivity index (χ2v) is 3.32. The summed E-state index contributed by atoms with van der Waals surface area (Å²) >= 11 is 0. The third kappa shape index (κ3) is 1.98. The van der Waals surface area contributed by atoms with E-state index >= 15 is 0 Å². The number of amides is 1. The number of hydrogen-bond acceptors (Lipinski definition) is 3. The van der Waals surface area contributed by atoms with Crippen molar-refractivity contribution in [3.8, 4) is 0 Å². The van der Waals surface area contributed by atoms with Crippen molar-refractivity contribution < 1.29 is 14.7 Å². The standard InChI is InChI=1S/C8H14N2O3/c1-5(8(12)13)10(2)7(11)6-3-9-4-6/h5-6,9H,3-4H2,1-2H3,(H,12,13)/t5-/m0/s1. The van der Waals surface area contributed by atoms with E-state index < -0.39 is 12.0 Å². The number of likely N-dealkylation sites (N-methyl/N-ethyl adjacent to an activating group) is 1. The minimum atomic E-state index is -0.969. The largest absolute Gasteiger partial charge is 0.480 e. The lowest BCUT2D eigenvalue weighted by molar-refractivity contribution is -0.150. The molecule has 0 bridgehead atoms. The van der Waals surface area contributed by atoms with Crippen LogP contribution in [0.4, 0.5) is 0 Å². The molecule has 0 aliphatic carbocycles. The molecule has 0 saturated carbocycles. The topological polar surface area (TPSA) is 69.6 Å².